The predicted octanol–water partition coefficient (Wildman–Crippen LogP) is 2.67. The first kappa shape index (κ1) is 15.5. The van der Waals surface area contributed by atoms with E-state index in [1.54, 1.807) is 0 Å². The first-order valence-corrected chi connectivity index (χ1v) is 6.86. The average Bonchev–Trinajstić information content (AvgIpc) is 2.40. The number of hydrogen-bond donors (Lipinski definition) is 1. The molecule has 0 heterocycles. The van der Waals surface area contributed by atoms with Crippen LogP contribution in [0.5, 0.6) is 5.75 Å². The summed E-state index contributed by atoms with van der Waals surface area (Å²) in [6, 6.07) is 5.78. The molecule has 0 fully saturated rings. The number of carbonyl (C=O) groups excluding carboxylic acids is 1. The van der Waals surface area contributed by atoms with Crippen molar-refractivity contribution in [3.05, 3.63) is 23.8 Å². The molecule has 0 saturated carbocycles. The summed E-state index contributed by atoms with van der Waals surface area (Å²) in [7, 11) is 0. The third-order valence-electron chi connectivity index (χ3n) is 3.06. The number of nitrogens with one attached hydrogen (secondary N) is 1. The molecule has 1 aromatic rings. The van der Waals surface area contributed by atoms with Crippen LogP contribution < -0.4 is 10.1 Å². The summed E-state index contributed by atoms with van der Waals surface area (Å²) >= 11 is 0. The summed E-state index contributed by atoms with van der Waals surface area (Å²) in [4.78, 5) is 14.1. The fourth-order valence-electron chi connectivity index (χ4n) is 1.91. The van der Waals surface area contributed by atoms with Crippen LogP contribution in [0.1, 0.15) is 26.3 Å². The molecular formula is C15H24N2O2. The Labute approximate surface area is 115 Å². The Morgan fingerprint density at radius 1 is 1.26 bits per heavy atom. The van der Waals surface area contributed by atoms with Gasteiger partial charge in [-0.25, -0.2) is 0 Å². The van der Waals surface area contributed by atoms with E-state index in [4.69, 9.17) is 4.74 Å². The van der Waals surface area contributed by atoms with E-state index in [0.29, 0.717) is 13.2 Å². The quantitative estimate of drug-likeness (QED) is 0.823. The van der Waals surface area contributed by atoms with Crippen LogP contribution >= 0.6 is 0 Å². The molecule has 0 bridgehead atoms. The lowest BCUT2D eigenvalue weighted by atomic mass is 10.2. The average molecular weight is 264 g/mol. The van der Waals surface area contributed by atoms with Gasteiger partial charge in [0.1, 0.15) is 5.75 Å². The second kappa shape index (κ2) is 7.79. The van der Waals surface area contributed by atoms with Crippen LogP contribution in [0, 0.1) is 6.92 Å². The molecule has 0 radical (unpaired) electrons. The molecule has 4 nitrogen and oxygen atoms in total. The van der Waals surface area contributed by atoms with Gasteiger partial charge in [0.25, 0.3) is 0 Å². The second-order valence-corrected chi connectivity index (χ2v) is 4.39. The highest BCUT2D eigenvalue weighted by molar-refractivity contribution is 5.94. The van der Waals surface area contributed by atoms with Gasteiger partial charge in [-0.2, -0.15) is 0 Å². The van der Waals surface area contributed by atoms with Crippen molar-refractivity contribution in [2.45, 2.75) is 27.7 Å². The predicted molar refractivity (Wildman–Crippen MR) is 78.8 cm³/mol. The highest BCUT2D eigenvalue weighted by atomic mass is 16.5. The lowest BCUT2D eigenvalue weighted by Crippen LogP contribution is -2.33. The van der Waals surface area contributed by atoms with Gasteiger partial charge in [-0.1, -0.05) is 26.0 Å². The minimum absolute atomic E-state index is 0.000969. The third-order valence-corrected chi connectivity index (χ3v) is 3.06. The Kier molecular flexibility index (Phi) is 6.36. The number of carbonyl (C=O) groups is 1. The molecule has 4 heteroatoms. The van der Waals surface area contributed by atoms with Crippen molar-refractivity contribution < 1.29 is 9.53 Å². The molecule has 1 rings (SSSR count). The highest BCUT2D eigenvalue weighted by Gasteiger charge is 2.12. The number of likely N-dealkylation sites (N-methyl/N-ethyl adjacent to an activating group) is 1. The second-order valence-electron chi connectivity index (χ2n) is 4.39. The van der Waals surface area contributed by atoms with Gasteiger partial charge in [0.05, 0.1) is 18.8 Å². The van der Waals surface area contributed by atoms with Gasteiger partial charge in [-0.3, -0.25) is 9.69 Å². The molecule has 106 valence electrons. The van der Waals surface area contributed by atoms with Crippen LogP contribution in [-0.2, 0) is 4.79 Å². The van der Waals surface area contributed by atoms with Gasteiger partial charge in [0.2, 0.25) is 5.91 Å². The van der Waals surface area contributed by atoms with Gasteiger partial charge < -0.3 is 10.1 Å². The van der Waals surface area contributed by atoms with Gasteiger partial charge in [0.15, 0.2) is 0 Å². The van der Waals surface area contributed by atoms with Crippen molar-refractivity contribution in [1.29, 1.82) is 0 Å². The molecule has 0 aliphatic rings. The zero-order chi connectivity index (χ0) is 14.3. The number of anilines is 1. The minimum Gasteiger partial charge on any atom is -0.492 e. The van der Waals surface area contributed by atoms with Crippen molar-refractivity contribution in [3.8, 4) is 5.75 Å². The maximum absolute atomic E-state index is 12.0. The maximum atomic E-state index is 12.0. The van der Waals surface area contributed by atoms with Crippen molar-refractivity contribution in [2.75, 3.05) is 31.6 Å². The number of nitrogens with zero attached hydrogens (tertiary/aromatic N) is 1. The van der Waals surface area contributed by atoms with Crippen LogP contribution in [-0.4, -0.2) is 37.0 Å². The van der Waals surface area contributed by atoms with E-state index < -0.39 is 0 Å². The minimum atomic E-state index is -0.000969. The zero-order valence-electron chi connectivity index (χ0n) is 12.3. The maximum Gasteiger partial charge on any atom is 0.238 e. The zero-order valence-corrected chi connectivity index (χ0v) is 12.3. The Morgan fingerprint density at radius 2 is 1.95 bits per heavy atom. The Morgan fingerprint density at radius 3 is 2.53 bits per heavy atom. The van der Waals surface area contributed by atoms with Gasteiger partial charge >= 0.3 is 0 Å². The number of aryl methyl sites for hydroxylation is 1. The molecule has 0 aromatic heterocycles. The van der Waals surface area contributed by atoms with Crippen LogP contribution in [0.15, 0.2) is 18.2 Å². The topological polar surface area (TPSA) is 41.6 Å². The molecule has 0 saturated heterocycles. The normalized spacial score (nSPS) is 10.6. The van der Waals surface area contributed by atoms with Gasteiger partial charge in [0, 0.05) is 0 Å². The molecule has 0 aliphatic heterocycles. The number of hydrogen-bond acceptors (Lipinski definition) is 3. The Hall–Kier alpha value is -1.55. The summed E-state index contributed by atoms with van der Waals surface area (Å²) in [5, 5.41) is 2.96. The highest BCUT2D eigenvalue weighted by Crippen LogP contribution is 2.27. The van der Waals surface area contributed by atoms with Crippen LogP contribution in [0.25, 0.3) is 0 Å². The van der Waals surface area contributed by atoms with E-state index in [2.05, 4.69) is 24.1 Å². The van der Waals surface area contributed by atoms with E-state index in [0.717, 1.165) is 30.1 Å². The largest absolute Gasteiger partial charge is 0.492 e. The molecule has 1 aromatic carbocycles. The fraction of sp³-hybridized carbons (Fsp3) is 0.533. The summed E-state index contributed by atoms with van der Waals surface area (Å²) in [6.07, 6.45) is 0. The molecule has 1 N–H and O–H groups in total. The van der Waals surface area contributed by atoms with Crippen molar-refractivity contribution in [1.82, 2.24) is 4.90 Å². The number of para-hydroxylation sites is 1. The molecule has 0 aliphatic carbocycles. The number of rotatable bonds is 7. The first-order chi connectivity index (χ1) is 9.12. The molecule has 19 heavy (non-hydrogen) atoms. The smallest absolute Gasteiger partial charge is 0.238 e. The van der Waals surface area contributed by atoms with Gasteiger partial charge in [-0.05, 0) is 38.6 Å². The van der Waals surface area contributed by atoms with Crippen molar-refractivity contribution in [2.24, 2.45) is 0 Å². The Balaban J connectivity index is 2.78. The number of benzene rings is 1. The van der Waals surface area contributed by atoms with Crippen LogP contribution in [0.4, 0.5) is 5.69 Å². The molecule has 0 unspecified atom stereocenters. The lowest BCUT2D eigenvalue weighted by molar-refractivity contribution is -0.117. The number of amides is 1. The summed E-state index contributed by atoms with van der Waals surface area (Å²) in [5.41, 5.74) is 1.79. The molecular weight excluding hydrogens is 240 g/mol. The van der Waals surface area contributed by atoms with E-state index in [1.807, 2.05) is 32.0 Å². The monoisotopic (exact) mass is 264 g/mol. The van der Waals surface area contributed by atoms with E-state index in [-0.39, 0.29) is 5.91 Å². The molecule has 0 spiro atoms. The summed E-state index contributed by atoms with van der Waals surface area (Å²) < 4.78 is 5.55. The molecule has 0 atom stereocenters. The van der Waals surface area contributed by atoms with Gasteiger partial charge in [-0.15, -0.1) is 0 Å². The summed E-state index contributed by atoms with van der Waals surface area (Å²) in [6.45, 7) is 10.7. The van der Waals surface area contributed by atoms with E-state index in [1.165, 1.54) is 0 Å². The van der Waals surface area contributed by atoms with Crippen molar-refractivity contribution >= 4 is 11.6 Å². The third kappa shape index (κ3) is 4.56. The first-order valence-electron chi connectivity index (χ1n) is 6.86. The Bertz CT molecular complexity index is 415. The SMILES string of the molecule is CCOc1cccc(C)c1NC(=O)CN(CC)CC. The summed E-state index contributed by atoms with van der Waals surface area (Å²) in [5.74, 6) is 0.731. The lowest BCUT2D eigenvalue weighted by Gasteiger charge is -2.19. The van der Waals surface area contributed by atoms with E-state index >= 15 is 0 Å². The van der Waals surface area contributed by atoms with Crippen LogP contribution in [0.3, 0.4) is 0 Å². The molecule has 1 amide bonds. The number of ether oxygens (including phenoxy) is 1. The fourth-order valence-corrected chi connectivity index (χ4v) is 1.91. The van der Waals surface area contributed by atoms with Crippen molar-refractivity contribution in [3.63, 3.8) is 0 Å². The standard InChI is InChI=1S/C15H24N2O2/c1-5-17(6-2)11-14(18)16-15-12(4)9-8-10-13(15)19-7-3/h8-10H,5-7,11H2,1-4H3,(H,16,18). The van der Waals surface area contributed by atoms with E-state index in [9.17, 15) is 4.79 Å². The van der Waals surface area contributed by atoms with Crippen LogP contribution in [0.2, 0.25) is 0 Å².